The Morgan fingerprint density at radius 1 is 1.35 bits per heavy atom. The van der Waals surface area contributed by atoms with Gasteiger partial charge in [0.25, 0.3) is 0 Å². The quantitative estimate of drug-likeness (QED) is 0.788. The molecule has 0 aromatic heterocycles. The summed E-state index contributed by atoms with van der Waals surface area (Å²) in [5.74, 6) is 0.424. The Hall–Kier alpha value is -1.55. The van der Waals surface area contributed by atoms with E-state index < -0.39 is 6.04 Å². The summed E-state index contributed by atoms with van der Waals surface area (Å²) in [6.45, 7) is 6.57. The SMILES string of the molecule is CCNC(C(N)=O)c1ccc(OC(C)C)cc1. The van der Waals surface area contributed by atoms with Crippen molar-refractivity contribution in [2.75, 3.05) is 6.54 Å². The maximum atomic E-state index is 11.3. The first-order chi connectivity index (χ1) is 8.04. The van der Waals surface area contributed by atoms with E-state index in [2.05, 4.69) is 5.32 Å². The van der Waals surface area contributed by atoms with E-state index in [0.29, 0.717) is 6.54 Å². The maximum absolute atomic E-state index is 11.3. The zero-order chi connectivity index (χ0) is 12.8. The molecule has 1 unspecified atom stereocenters. The van der Waals surface area contributed by atoms with Gasteiger partial charge in [0.1, 0.15) is 11.8 Å². The van der Waals surface area contributed by atoms with E-state index in [0.717, 1.165) is 11.3 Å². The first kappa shape index (κ1) is 13.5. The molecule has 0 bridgehead atoms. The van der Waals surface area contributed by atoms with E-state index in [1.807, 2.05) is 45.0 Å². The van der Waals surface area contributed by atoms with E-state index in [4.69, 9.17) is 10.5 Å². The molecule has 0 saturated carbocycles. The van der Waals surface area contributed by atoms with Gasteiger partial charge < -0.3 is 15.8 Å². The summed E-state index contributed by atoms with van der Waals surface area (Å²) >= 11 is 0. The molecule has 1 atom stereocenters. The van der Waals surface area contributed by atoms with Crippen LogP contribution in [0.15, 0.2) is 24.3 Å². The van der Waals surface area contributed by atoms with Crippen LogP contribution in [0, 0.1) is 0 Å². The first-order valence-electron chi connectivity index (χ1n) is 5.84. The molecule has 4 nitrogen and oxygen atoms in total. The van der Waals surface area contributed by atoms with Crippen molar-refractivity contribution < 1.29 is 9.53 Å². The molecule has 1 aromatic rings. The molecule has 0 heterocycles. The number of primary amides is 1. The zero-order valence-electron chi connectivity index (χ0n) is 10.6. The average molecular weight is 236 g/mol. The van der Waals surface area contributed by atoms with Crippen LogP contribution in [0.25, 0.3) is 0 Å². The largest absolute Gasteiger partial charge is 0.491 e. The second-order valence-electron chi connectivity index (χ2n) is 4.13. The standard InChI is InChI=1S/C13H20N2O2/c1-4-15-12(13(14)16)10-5-7-11(8-6-10)17-9(2)3/h5-9,12,15H,4H2,1-3H3,(H2,14,16). The summed E-state index contributed by atoms with van der Waals surface area (Å²) in [4.78, 5) is 11.3. The number of carbonyl (C=O) groups excluding carboxylic acids is 1. The highest BCUT2D eigenvalue weighted by molar-refractivity contribution is 5.81. The van der Waals surface area contributed by atoms with E-state index in [-0.39, 0.29) is 12.0 Å². The van der Waals surface area contributed by atoms with Gasteiger partial charge in [0.15, 0.2) is 0 Å². The van der Waals surface area contributed by atoms with Gasteiger partial charge in [-0.05, 0) is 38.1 Å². The smallest absolute Gasteiger partial charge is 0.239 e. The van der Waals surface area contributed by atoms with Gasteiger partial charge in [-0.25, -0.2) is 0 Å². The molecule has 0 fully saturated rings. The third kappa shape index (κ3) is 4.07. The van der Waals surface area contributed by atoms with Crippen LogP contribution < -0.4 is 15.8 Å². The van der Waals surface area contributed by atoms with Crippen LogP contribution >= 0.6 is 0 Å². The lowest BCUT2D eigenvalue weighted by atomic mass is 10.1. The van der Waals surface area contributed by atoms with Crippen molar-refractivity contribution in [3.05, 3.63) is 29.8 Å². The second-order valence-corrected chi connectivity index (χ2v) is 4.13. The van der Waals surface area contributed by atoms with Crippen LogP contribution in [-0.2, 0) is 4.79 Å². The molecule has 0 aliphatic carbocycles. The minimum absolute atomic E-state index is 0.140. The second kappa shape index (κ2) is 6.25. The lowest BCUT2D eigenvalue weighted by Crippen LogP contribution is -2.33. The van der Waals surface area contributed by atoms with Crippen LogP contribution in [0.2, 0.25) is 0 Å². The molecule has 94 valence electrons. The highest BCUT2D eigenvalue weighted by Gasteiger charge is 2.15. The van der Waals surface area contributed by atoms with E-state index >= 15 is 0 Å². The number of nitrogens with two attached hydrogens (primary N) is 1. The van der Waals surface area contributed by atoms with Gasteiger partial charge in [-0.3, -0.25) is 4.79 Å². The van der Waals surface area contributed by atoms with Gasteiger partial charge in [0.2, 0.25) is 5.91 Å². The molecule has 1 rings (SSSR count). The predicted octanol–water partition coefficient (Wildman–Crippen LogP) is 1.61. The lowest BCUT2D eigenvalue weighted by molar-refractivity contribution is -0.120. The minimum atomic E-state index is -0.437. The number of rotatable bonds is 6. The fourth-order valence-electron chi connectivity index (χ4n) is 1.60. The lowest BCUT2D eigenvalue weighted by Gasteiger charge is -2.15. The Morgan fingerprint density at radius 2 is 1.94 bits per heavy atom. The summed E-state index contributed by atoms with van der Waals surface area (Å²) in [6.07, 6.45) is 0.140. The van der Waals surface area contributed by atoms with Crippen molar-refractivity contribution in [1.82, 2.24) is 5.32 Å². The number of likely N-dealkylation sites (N-methyl/N-ethyl adjacent to an activating group) is 1. The Morgan fingerprint density at radius 3 is 2.35 bits per heavy atom. The third-order valence-corrected chi connectivity index (χ3v) is 2.28. The normalized spacial score (nSPS) is 12.5. The highest BCUT2D eigenvalue weighted by Crippen LogP contribution is 2.18. The molecule has 0 radical (unpaired) electrons. The topological polar surface area (TPSA) is 64.3 Å². The number of carbonyl (C=O) groups is 1. The molecule has 0 aliphatic heterocycles. The number of hydrogen-bond acceptors (Lipinski definition) is 3. The molecular formula is C13H20N2O2. The van der Waals surface area contributed by atoms with Gasteiger partial charge in [-0.1, -0.05) is 19.1 Å². The van der Waals surface area contributed by atoms with Crippen molar-refractivity contribution in [2.24, 2.45) is 5.73 Å². The van der Waals surface area contributed by atoms with E-state index in [1.165, 1.54) is 0 Å². The molecule has 1 aromatic carbocycles. The molecular weight excluding hydrogens is 216 g/mol. The number of amides is 1. The number of hydrogen-bond donors (Lipinski definition) is 2. The molecule has 4 heteroatoms. The molecule has 3 N–H and O–H groups in total. The summed E-state index contributed by atoms with van der Waals surface area (Å²) in [5.41, 5.74) is 6.20. The van der Waals surface area contributed by atoms with Crippen molar-refractivity contribution >= 4 is 5.91 Å². The van der Waals surface area contributed by atoms with Crippen LogP contribution in [0.3, 0.4) is 0 Å². The van der Waals surface area contributed by atoms with Crippen molar-refractivity contribution in [1.29, 1.82) is 0 Å². The van der Waals surface area contributed by atoms with Gasteiger partial charge in [0.05, 0.1) is 6.10 Å². The van der Waals surface area contributed by atoms with Crippen LogP contribution in [0.1, 0.15) is 32.4 Å². The van der Waals surface area contributed by atoms with E-state index in [1.54, 1.807) is 0 Å². The molecule has 17 heavy (non-hydrogen) atoms. The summed E-state index contributed by atoms with van der Waals surface area (Å²) in [6, 6.07) is 6.98. The Kier molecular flexibility index (Phi) is 4.97. The summed E-state index contributed by atoms with van der Waals surface area (Å²) in [5, 5.41) is 3.04. The molecule has 0 saturated heterocycles. The predicted molar refractivity (Wildman–Crippen MR) is 67.8 cm³/mol. The van der Waals surface area contributed by atoms with E-state index in [9.17, 15) is 4.79 Å². The van der Waals surface area contributed by atoms with Gasteiger partial charge >= 0.3 is 0 Å². The summed E-state index contributed by atoms with van der Waals surface area (Å²) in [7, 11) is 0. The fourth-order valence-corrected chi connectivity index (χ4v) is 1.60. The monoisotopic (exact) mass is 236 g/mol. The van der Waals surface area contributed by atoms with Gasteiger partial charge in [-0.2, -0.15) is 0 Å². The highest BCUT2D eigenvalue weighted by atomic mass is 16.5. The van der Waals surface area contributed by atoms with Crippen LogP contribution in [-0.4, -0.2) is 18.6 Å². The molecule has 0 spiro atoms. The third-order valence-electron chi connectivity index (χ3n) is 2.28. The fraction of sp³-hybridized carbons (Fsp3) is 0.462. The molecule has 1 amide bonds. The first-order valence-corrected chi connectivity index (χ1v) is 5.84. The number of benzene rings is 1. The van der Waals surface area contributed by atoms with Crippen molar-refractivity contribution in [2.45, 2.75) is 32.9 Å². The van der Waals surface area contributed by atoms with Crippen LogP contribution in [0.4, 0.5) is 0 Å². The van der Waals surface area contributed by atoms with Gasteiger partial charge in [0, 0.05) is 0 Å². The van der Waals surface area contributed by atoms with Crippen molar-refractivity contribution in [3.63, 3.8) is 0 Å². The Labute approximate surface area is 102 Å². The number of nitrogens with one attached hydrogen (secondary N) is 1. The summed E-state index contributed by atoms with van der Waals surface area (Å²) < 4.78 is 5.53. The number of ether oxygens (including phenoxy) is 1. The maximum Gasteiger partial charge on any atom is 0.239 e. The Bertz CT molecular complexity index is 360. The van der Waals surface area contributed by atoms with Crippen molar-refractivity contribution in [3.8, 4) is 5.75 Å². The molecule has 0 aliphatic rings. The van der Waals surface area contributed by atoms with Crippen LogP contribution in [0.5, 0.6) is 5.75 Å². The zero-order valence-corrected chi connectivity index (χ0v) is 10.6. The minimum Gasteiger partial charge on any atom is -0.491 e. The Balaban J connectivity index is 2.80. The average Bonchev–Trinajstić information content (AvgIpc) is 2.26. The van der Waals surface area contributed by atoms with Gasteiger partial charge in [-0.15, -0.1) is 0 Å².